The highest BCUT2D eigenvalue weighted by Gasteiger charge is 2.20. The van der Waals surface area contributed by atoms with Gasteiger partial charge in [0.05, 0.1) is 10.6 Å². The molecular formula is C11H7FN2O5S. The number of nitrogens with zero attached hydrogens (tertiary/aromatic N) is 2. The molecule has 0 bridgehead atoms. The van der Waals surface area contributed by atoms with Gasteiger partial charge in [-0.25, -0.2) is 14.2 Å². The van der Waals surface area contributed by atoms with Crippen LogP contribution in [0, 0.1) is 15.9 Å². The number of nitro benzene ring substituents is 1. The van der Waals surface area contributed by atoms with E-state index in [2.05, 4.69) is 4.98 Å². The number of aromatic carboxylic acids is 1. The van der Waals surface area contributed by atoms with Crippen molar-refractivity contribution in [1.82, 2.24) is 4.98 Å². The molecule has 0 unspecified atom stereocenters. The second-order valence-electron chi connectivity index (χ2n) is 3.58. The topological polar surface area (TPSA) is 103 Å². The standard InChI is InChI=1S/C11H7FN2O5S/c12-7-2-1-3-8(14(17)18)9(7)19-4-6-5-20-10(13-6)11(15)16/h1-3,5H,4H2,(H,15,16). The summed E-state index contributed by atoms with van der Waals surface area (Å²) in [5.74, 6) is -2.55. The SMILES string of the molecule is O=C(O)c1nc(COc2c(F)cccc2[N+](=O)[O-])cs1. The molecule has 1 N–H and O–H groups in total. The Balaban J connectivity index is 2.18. The Labute approximate surface area is 115 Å². The first-order valence-electron chi connectivity index (χ1n) is 5.22. The van der Waals surface area contributed by atoms with E-state index in [0.717, 1.165) is 23.5 Å². The summed E-state index contributed by atoms with van der Waals surface area (Å²) in [7, 11) is 0. The Morgan fingerprint density at radius 3 is 2.90 bits per heavy atom. The van der Waals surface area contributed by atoms with Gasteiger partial charge in [0, 0.05) is 11.4 Å². The lowest BCUT2D eigenvalue weighted by Gasteiger charge is -2.05. The van der Waals surface area contributed by atoms with Gasteiger partial charge in [-0.2, -0.15) is 0 Å². The fourth-order valence-electron chi connectivity index (χ4n) is 1.40. The zero-order valence-electron chi connectivity index (χ0n) is 9.78. The van der Waals surface area contributed by atoms with E-state index < -0.39 is 28.1 Å². The monoisotopic (exact) mass is 298 g/mol. The number of hydrogen-bond donors (Lipinski definition) is 1. The van der Waals surface area contributed by atoms with E-state index in [4.69, 9.17) is 9.84 Å². The molecule has 104 valence electrons. The Morgan fingerprint density at radius 1 is 1.55 bits per heavy atom. The number of rotatable bonds is 5. The van der Waals surface area contributed by atoms with Crippen LogP contribution in [0.1, 0.15) is 15.5 Å². The third kappa shape index (κ3) is 2.88. The van der Waals surface area contributed by atoms with Crippen molar-refractivity contribution in [2.45, 2.75) is 6.61 Å². The lowest BCUT2D eigenvalue weighted by molar-refractivity contribution is -0.386. The van der Waals surface area contributed by atoms with Crippen molar-refractivity contribution in [3.8, 4) is 5.75 Å². The van der Waals surface area contributed by atoms with Gasteiger partial charge in [-0.3, -0.25) is 10.1 Å². The fraction of sp³-hybridized carbons (Fsp3) is 0.0909. The Hall–Kier alpha value is -2.55. The molecule has 0 spiro atoms. The maximum atomic E-state index is 13.5. The number of para-hydroxylation sites is 1. The second-order valence-corrected chi connectivity index (χ2v) is 4.44. The molecule has 0 aliphatic heterocycles. The van der Waals surface area contributed by atoms with Crippen LogP contribution in [0.3, 0.4) is 0 Å². The van der Waals surface area contributed by atoms with Gasteiger partial charge in [-0.15, -0.1) is 11.3 Å². The maximum absolute atomic E-state index is 13.5. The number of aromatic nitrogens is 1. The summed E-state index contributed by atoms with van der Waals surface area (Å²) in [6.07, 6.45) is 0. The second kappa shape index (κ2) is 5.61. The van der Waals surface area contributed by atoms with Crippen molar-refractivity contribution in [1.29, 1.82) is 0 Å². The molecule has 1 aromatic carbocycles. The van der Waals surface area contributed by atoms with Gasteiger partial charge in [-0.1, -0.05) is 6.07 Å². The van der Waals surface area contributed by atoms with Crippen molar-refractivity contribution in [3.63, 3.8) is 0 Å². The summed E-state index contributed by atoms with van der Waals surface area (Å²) >= 11 is 0.889. The highest BCUT2D eigenvalue weighted by Crippen LogP contribution is 2.30. The van der Waals surface area contributed by atoms with Crippen molar-refractivity contribution in [3.05, 3.63) is 50.2 Å². The summed E-state index contributed by atoms with van der Waals surface area (Å²) in [5.41, 5.74) is -0.247. The molecule has 7 nitrogen and oxygen atoms in total. The highest BCUT2D eigenvalue weighted by atomic mass is 32.1. The molecular weight excluding hydrogens is 291 g/mol. The van der Waals surface area contributed by atoms with Crippen LogP contribution in [0.25, 0.3) is 0 Å². The first kappa shape index (κ1) is 13.9. The van der Waals surface area contributed by atoms with Gasteiger partial charge in [0.25, 0.3) is 0 Å². The number of carbonyl (C=O) groups is 1. The van der Waals surface area contributed by atoms with E-state index in [1.54, 1.807) is 0 Å². The Kier molecular flexibility index (Phi) is 3.89. The van der Waals surface area contributed by atoms with E-state index in [9.17, 15) is 19.3 Å². The van der Waals surface area contributed by atoms with Crippen LogP contribution in [-0.4, -0.2) is 21.0 Å². The van der Waals surface area contributed by atoms with Crippen molar-refractivity contribution in [2.24, 2.45) is 0 Å². The fourth-order valence-corrected chi connectivity index (χ4v) is 2.04. The molecule has 2 rings (SSSR count). The quantitative estimate of drug-likeness (QED) is 0.672. The van der Waals surface area contributed by atoms with Crippen LogP contribution >= 0.6 is 11.3 Å². The number of halogens is 1. The minimum atomic E-state index is -1.18. The average molecular weight is 298 g/mol. The van der Waals surface area contributed by atoms with Gasteiger partial charge in [0.15, 0.2) is 5.82 Å². The molecule has 0 amide bonds. The lowest BCUT2D eigenvalue weighted by Crippen LogP contribution is -2.02. The van der Waals surface area contributed by atoms with Crippen LogP contribution < -0.4 is 4.74 Å². The van der Waals surface area contributed by atoms with Crippen molar-refractivity contribution in [2.75, 3.05) is 0 Å². The zero-order chi connectivity index (χ0) is 14.7. The van der Waals surface area contributed by atoms with E-state index in [1.165, 1.54) is 11.4 Å². The number of nitro groups is 1. The van der Waals surface area contributed by atoms with Crippen LogP contribution in [0.4, 0.5) is 10.1 Å². The first-order chi connectivity index (χ1) is 9.49. The molecule has 2 aromatic rings. The van der Waals surface area contributed by atoms with E-state index in [-0.39, 0.29) is 17.3 Å². The van der Waals surface area contributed by atoms with E-state index >= 15 is 0 Å². The van der Waals surface area contributed by atoms with Gasteiger partial charge >= 0.3 is 11.7 Å². The third-order valence-electron chi connectivity index (χ3n) is 2.24. The number of benzene rings is 1. The van der Waals surface area contributed by atoms with Crippen LogP contribution in [0.2, 0.25) is 0 Å². The summed E-state index contributed by atoms with van der Waals surface area (Å²) in [6.45, 7) is -0.258. The van der Waals surface area contributed by atoms with Gasteiger partial charge in [0.1, 0.15) is 6.61 Å². The number of thiazole rings is 1. The van der Waals surface area contributed by atoms with Crippen LogP contribution in [-0.2, 0) is 6.61 Å². The average Bonchev–Trinajstić information content (AvgIpc) is 2.86. The summed E-state index contributed by atoms with van der Waals surface area (Å²) in [6, 6.07) is 3.35. The molecule has 0 aliphatic rings. The third-order valence-corrected chi connectivity index (χ3v) is 3.12. The summed E-state index contributed by atoms with van der Waals surface area (Å²) < 4.78 is 18.5. The molecule has 0 saturated carbocycles. The Morgan fingerprint density at radius 2 is 2.30 bits per heavy atom. The molecule has 1 heterocycles. The summed E-state index contributed by atoms with van der Waals surface area (Å²) in [5, 5.41) is 20.7. The molecule has 0 fully saturated rings. The number of ether oxygens (including phenoxy) is 1. The molecule has 20 heavy (non-hydrogen) atoms. The molecule has 0 saturated heterocycles. The predicted molar refractivity (Wildman–Crippen MR) is 66.5 cm³/mol. The highest BCUT2D eigenvalue weighted by molar-refractivity contribution is 7.11. The van der Waals surface area contributed by atoms with Crippen molar-refractivity contribution < 1.29 is 24.0 Å². The maximum Gasteiger partial charge on any atom is 0.365 e. The minimum Gasteiger partial charge on any atom is -0.478 e. The van der Waals surface area contributed by atoms with Crippen LogP contribution in [0.15, 0.2) is 23.6 Å². The Bertz CT molecular complexity index is 673. The molecule has 9 heteroatoms. The number of carboxylic acids is 1. The predicted octanol–water partition coefficient (Wildman–Crippen LogP) is 2.47. The van der Waals surface area contributed by atoms with Gasteiger partial charge in [0.2, 0.25) is 10.8 Å². The number of hydrogen-bond acceptors (Lipinski definition) is 6. The first-order valence-corrected chi connectivity index (χ1v) is 6.10. The smallest absolute Gasteiger partial charge is 0.365 e. The molecule has 0 atom stereocenters. The normalized spacial score (nSPS) is 10.2. The van der Waals surface area contributed by atoms with Gasteiger partial charge in [-0.05, 0) is 6.07 Å². The lowest BCUT2D eigenvalue weighted by atomic mass is 10.3. The number of carboxylic acid groups (broad SMARTS) is 1. The van der Waals surface area contributed by atoms with E-state index in [1.807, 2.05) is 0 Å². The molecule has 0 radical (unpaired) electrons. The van der Waals surface area contributed by atoms with Crippen LogP contribution in [0.5, 0.6) is 5.75 Å². The van der Waals surface area contributed by atoms with Gasteiger partial charge < -0.3 is 9.84 Å². The van der Waals surface area contributed by atoms with E-state index in [0.29, 0.717) is 0 Å². The largest absolute Gasteiger partial charge is 0.478 e. The molecule has 0 aliphatic carbocycles. The zero-order valence-corrected chi connectivity index (χ0v) is 10.6. The molecule has 1 aromatic heterocycles. The summed E-state index contributed by atoms with van der Waals surface area (Å²) in [4.78, 5) is 24.4. The minimum absolute atomic E-state index is 0.133. The van der Waals surface area contributed by atoms with Crippen molar-refractivity contribution >= 4 is 23.0 Å².